The van der Waals surface area contributed by atoms with Crippen LogP contribution in [-0.4, -0.2) is 84.8 Å². The maximum absolute atomic E-state index is 13.4. The molecule has 2 saturated heterocycles. The molecule has 1 amide bonds. The van der Waals surface area contributed by atoms with E-state index in [1.807, 2.05) is 25.7 Å². The summed E-state index contributed by atoms with van der Waals surface area (Å²) in [6.45, 7) is 14.0. The van der Waals surface area contributed by atoms with E-state index < -0.39 is 18.6 Å². The van der Waals surface area contributed by atoms with E-state index in [-0.39, 0.29) is 17.8 Å². The molecule has 41 heavy (non-hydrogen) atoms. The fourth-order valence-corrected chi connectivity index (χ4v) is 5.29. The number of carbonyl (C=O) groups excluding carboxylic acids is 1. The molecule has 2 fully saturated rings. The molecule has 1 unspecified atom stereocenters. The molecule has 2 aliphatic rings. The number of likely N-dealkylation sites (tertiary alicyclic amines) is 1. The van der Waals surface area contributed by atoms with Crippen LogP contribution < -0.4 is 10.2 Å². The minimum absolute atomic E-state index is 0.192. The maximum Gasteiger partial charge on any atom is 0.390 e. The molecule has 1 aromatic heterocycles. The molecule has 1 aromatic rings. The van der Waals surface area contributed by atoms with Crippen LogP contribution in [0.1, 0.15) is 62.9 Å². The van der Waals surface area contributed by atoms with E-state index in [9.17, 15) is 22.4 Å². The average Bonchev–Trinajstić information content (AvgIpc) is 2.92. The van der Waals surface area contributed by atoms with Crippen molar-refractivity contribution in [3.05, 3.63) is 58.6 Å². The predicted octanol–water partition coefficient (Wildman–Crippen LogP) is 6.63. The highest BCUT2D eigenvalue weighted by Gasteiger charge is 2.41. The van der Waals surface area contributed by atoms with Gasteiger partial charge in [-0.25, -0.2) is 9.37 Å². The number of aryl methyl sites for hydroxylation is 1. The van der Waals surface area contributed by atoms with Crippen molar-refractivity contribution in [1.82, 2.24) is 20.1 Å². The van der Waals surface area contributed by atoms with Crippen LogP contribution in [0.5, 0.6) is 0 Å². The van der Waals surface area contributed by atoms with Crippen LogP contribution in [0.2, 0.25) is 0 Å². The standard InChI is InChI=1S/C22H34F3N5O.C8H10ClF/c1-4-26-21(31)17-12-16(3)20(27-14-17)29-10-11-30(19(15-29)13-22(23,24)25)18-6-8-28(5-2)9-7-18;1-3-8(9)6-4-5-7(2)10/h12,14,18-19H,4-11,13,15H2,1-3H3,(H,26,31);3-6H,1-2H3/b;6-4-,7-5+,8-3+. The maximum atomic E-state index is 13.4. The summed E-state index contributed by atoms with van der Waals surface area (Å²) in [7, 11) is 0. The van der Waals surface area contributed by atoms with Gasteiger partial charge in [0.15, 0.2) is 0 Å². The summed E-state index contributed by atoms with van der Waals surface area (Å²) in [5.74, 6) is 0.250. The van der Waals surface area contributed by atoms with E-state index in [0.29, 0.717) is 42.6 Å². The summed E-state index contributed by atoms with van der Waals surface area (Å²) in [6.07, 6.45) is 4.61. The summed E-state index contributed by atoms with van der Waals surface area (Å²) >= 11 is 5.57. The molecule has 2 aliphatic heterocycles. The van der Waals surface area contributed by atoms with Gasteiger partial charge in [-0.1, -0.05) is 30.7 Å². The molecular weight excluding hydrogens is 558 g/mol. The second kappa shape index (κ2) is 16.9. The van der Waals surface area contributed by atoms with Gasteiger partial charge in [-0.3, -0.25) is 9.69 Å². The van der Waals surface area contributed by atoms with Gasteiger partial charge < -0.3 is 15.1 Å². The summed E-state index contributed by atoms with van der Waals surface area (Å²) in [6, 6.07) is 1.38. The van der Waals surface area contributed by atoms with E-state index in [1.165, 1.54) is 19.2 Å². The number of carbonyl (C=O) groups is 1. The molecule has 1 N–H and O–H groups in total. The molecule has 0 radical (unpaired) electrons. The first kappa shape index (κ1) is 34.8. The normalized spacial score (nSPS) is 20.2. The van der Waals surface area contributed by atoms with Gasteiger partial charge in [-0.05, 0) is 84.0 Å². The van der Waals surface area contributed by atoms with Crippen molar-refractivity contribution in [3.63, 3.8) is 0 Å². The summed E-state index contributed by atoms with van der Waals surface area (Å²) in [4.78, 5) is 22.9. The van der Waals surface area contributed by atoms with E-state index in [0.717, 1.165) is 38.0 Å². The highest BCUT2D eigenvalue weighted by molar-refractivity contribution is 6.31. The van der Waals surface area contributed by atoms with Crippen LogP contribution in [0.25, 0.3) is 0 Å². The van der Waals surface area contributed by atoms with Gasteiger partial charge in [0.05, 0.1) is 17.8 Å². The molecule has 0 saturated carbocycles. The number of amides is 1. The Balaban J connectivity index is 0.000000503. The van der Waals surface area contributed by atoms with Gasteiger partial charge in [-0.2, -0.15) is 13.2 Å². The Morgan fingerprint density at radius 1 is 1.20 bits per heavy atom. The minimum Gasteiger partial charge on any atom is -0.354 e. The Labute approximate surface area is 247 Å². The quantitative estimate of drug-likeness (QED) is 0.268. The van der Waals surface area contributed by atoms with Crippen molar-refractivity contribution in [2.45, 2.75) is 72.1 Å². The number of anilines is 1. The van der Waals surface area contributed by atoms with Crippen molar-refractivity contribution < 1.29 is 22.4 Å². The fourth-order valence-electron chi connectivity index (χ4n) is 5.21. The van der Waals surface area contributed by atoms with Crippen LogP contribution in [-0.2, 0) is 0 Å². The molecule has 0 aromatic carbocycles. The predicted molar refractivity (Wildman–Crippen MR) is 159 cm³/mol. The van der Waals surface area contributed by atoms with E-state index in [1.54, 1.807) is 24.3 Å². The van der Waals surface area contributed by atoms with Gasteiger partial charge in [0.1, 0.15) is 5.82 Å². The third-order valence-electron chi connectivity index (χ3n) is 7.28. The Bertz CT molecular complexity index is 1060. The summed E-state index contributed by atoms with van der Waals surface area (Å²) in [5, 5.41) is 3.35. The lowest BCUT2D eigenvalue weighted by molar-refractivity contribution is -0.150. The van der Waals surface area contributed by atoms with Crippen molar-refractivity contribution in [2.24, 2.45) is 0 Å². The SMILES string of the molecule is CCNC(=O)c1cnc(N2CCN(C3CCN(CC)CC3)C(CC(F)(F)F)C2)c(C)c1.C\C=C(Cl)/C=C\C=C(/C)F. The number of halogens is 5. The van der Waals surface area contributed by atoms with Crippen LogP contribution in [0.4, 0.5) is 23.4 Å². The monoisotopic (exact) mass is 601 g/mol. The number of allylic oxidation sites excluding steroid dienone is 6. The zero-order valence-electron chi connectivity index (χ0n) is 24.8. The van der Waals surface area contributed by atoms with Crippen molar-refractivity contribution in [1.29, 1.82) is 0 Å². The zero-order chi connectivity index (χ0) is 30.6. The Kier molecular flexibility index (Phi) is 14.3. The number of nitrogens with zero attached hydrogens (tertiary/aromatic N) is 4. The Morgan fingerprint density at radius 2 is 1.88 bits per heavy atom. The van der Waals surface area contributed by atoms with Gasteiger partial charge >= 0.3 is 6.18 Å². The van der Waals surface area contributed by atoms with Crippen LogP contribution in [0, 0.1) is 6.92 Å². The van der Waals surface area contributed by atoms with E-state index in [4.69, 9.17) is 11.6 Å². The van der Waals surface area contributed by atoms with E-state index in [2.05, 4.69) is 27.0 Å². The molecule has 0 aliphatic carbocycles. The lowest BCUT2D eigenvalue weighted by atomic mass is 9.97. The van der Waals surface area contributed by atoms with Crippen LogP contribution >= 0.6 is 11.6 Å². The molecule has 1 atom stereocenters. The van der Waals surface area contributed by atoms with Crippen LogP contribution in [0.15, 0.2) is 47.4 Å². The Morgan fingerprint density at radius 3 is 2.41 bits per heavy atom. The van der Waals surface area contributed by atoms with Gasteiger partial charge in [0.25, 0.3) is 5.91 Å². The first-order chi connectivity index (χ1) is 19.4. The van der Waals surface area contributed by atoms with Gasteiger partial charge in [0.2, 0.25) is 0 Å². The number of nitrogens with one attached hydrogen (secondary N) is 1. The topological polar surface area (TPSA) is 51.7 Å². The second-order valence-electron chi connectivity index (χ2n) is 10.3. The molecule has 0 bridgehead atoms. The smallest absolute Gasteiger partial charge is 0.354 e. The molecule has 3 rings (SSSR count). The lowest BCUT2D eigenvalue weighted by Gasteiger charge is -2.48. The molecular formula is C30H44ClF4N5O. The van der Waals surface area contributed by atoms with Crippen molar-refractivity contribution in [2.75, 3.05) is 50.7 Å². The van der Waals surface area contributed by atoms with E-state index >= 15 is 0 Å². The molecule has 11 heteroatoms. The van der Waals surface area contributed by atoms with Gasteiger partial charge in [0, 0.05) is 49.5 Å². The average molecular weight is 602 g/mol. The van der Waals surface area contributed by atoms with Crippen molar-refractivity contribution >= 4 is 23.3 Å². The molecule has 3 heterocycles. The summed E-state index contributed by atoms with van der Waals surface area (Å²) < 4.78 is 52.2. The molecule has 0 spiro atoms. The first-order valence-corrected chi connectivity index (χ1v) is 14.6. The summed E-state index contributed by atoms with van der Waals surface area (Å²) in [5.41, 5.74) is 1.27. The fraction of sp³-hybridized carbons (Fsp3) is 0.600. The highest BCUT2D eigenvalue weighted by atomic mass is 35.5. The number of alkyl halides is 3. The number of piperazine rings is 1. The number of pyridine rings is 1. The van der Waals surface area contributed by atoms with Crippen molar-refractivity contribution in [3.8, 4) is 0 Å². The third kappa shape index (κ3) is 11.8. The number of piperidine rings is 1. The molecule has 230 valence electrons. The first-order valence-electron chi connectivity index (χ1n) is 14.2. The highest BCUT2D eigenvalue weighted by Crippen LogP contribution is 2.32. The van der Waals surface area contributed by atoms with Crippen LogP contribution in [0.3, 0.4) is 0 Å². The second-order valence-corrected chi connectivity index (χ2v) is 10.8. The van der Waals surface area contributed by atoms with Gasteiger partial charge in [-0.15, -0.1) is 0 Å². The molecule has 6 nitrogen and oxygen atoms in total. The minimum atomic E-state index is -4.21. The number of rotatable bonds is 8. The lowest BCUT2D eigenvalue weighted by Crippen LogP contribution is -2.59. The number of hydrogen-bond acceptors (Lipinski definition) is 5. The third-order valence-corrected chi connectivity index (χ3v) is 7.62. The number of aromatic nitrogens is 1. The Hall–Kier alpha value is -2.43. The zero-order valence-corrected chi connectivity index (χ0v) is 25.5. The largest absolute Gasteiger partial charge is 0.390 e. The number of hydrogen-bond donors (Lipinski definition) is 1.